The van der Waals surface area contributed by atoms with E-state index in [9.17, 15) is 4.79 Å². The Morgan fingerprint density at radius 2 is 2.37 bits per heavy atom. The monoisotopic (exact) mass is 319 g/mol. The van der Waals surface area contributed by atoms with Crippen LogP contribution in [0.4, 0.5) is 5.69 Å². The Kier molecular flexibility index (Phi) is 4.29. The van der Waals surface area contributed by atoms with E-state index in [1.54, 1.807) is 12.3 Å². The number of rotatable bonds is 4. The van der Waals surface area contributed by atoms with E-state index in [1.165, 1.54) is 0 Å². The fraction of sp³-hybridized carbons (Fsp3) is 0.143. The number of benzene rings is 1. The summed E-state index contributed by atoms with van der Waals surface area (Å²) in [4.78, 5) is 16.2. The van der Waals surface area contributed by atoms with Gasteiger partial charge in [-0.2, -0.15) is 0 Å². The zero-order chi connectivity index (χ0) is 13.8. The van der Waals surface area contributed by atoms with Crippen molar-refractivity contribution >= 4 is 38.4 Å². The van der Waals surface area contributed by atoms with Gasteiger partial charge in [0.2, 0.25) is 5.91 Å². The van der Waals surface area contributed by atoms with Crippen molar-refractivity contribution in [2.45, 2.75) is 12.5 Å². The lowest BCUT2D eigenvalue weighted by atomic mass is 10.1. The number of carbonyl (C=O) groups is 1. The second-order valence-electron chi connectivity index (χ2n) is 4.15. The van der Waals surface area contributed by atoms with Crippen LogP contribution in [0.25, 0.3) is 10.9 Å². The summed E-state index contributed by atoms with van der Waals surface area (Å²) in [5.41, 5.74) is 7.13. The maximum Gasteiger partial charge on any atom is 0.241 e. The average Bonchev–Trinajstić information content (AvgIpc) is 2.38. The number of pyridine rings is 1. The zero-order valence-electron chi connectivity index (χ0n) is 10.3. The number of halogens is 1. The van der Waals surface area contributed by atoms with Gasteiger partial charge >= 0.3 is 0 Å². The van der Waals surface area contributed by atoms with E-state index in [0.717, 1.165) is 15.4 Å². The Labute approximate surface area is 119 Å². The molecule has 2 rings (SSSR count). The molecule has 0 fully saturated rings. The summed E-state index contributed by atoms with van der Waals surface area (Å²) in [5.74, 6) is -0.239. The molecule has 0 aliphatic carbocycles. The smallest absolute Gasteiger partial charge is 0.241 e. The molecule has 0 bridgehead atoms. The molecule has 1 heterocycles. The fourth-order valence-corrected chi connectivity index (χ4v) is 2.10. The number of nitrogens with two attached hydrogens (primary N) is 1. The number of anilines is 1. The van der Waals surface area contributed by atoms with Crippen molar-refractivity contribution in [3.63, 3.8) is 0 Å². The van der Waals surface area contributed by atoms with Crippen LogP contribution < -0.4 is 11.1 Å². The average molecular weight is 320 g/mol. The maximum absolute atomic E-state index is 11.9. The number of hydrogen-bond acceptors (Lipinski definition) is 3. The molecule has 0 spiro atoms. The van der Waals surface area contributed by atoms with Gasteiger partial charge in [-0.15, -0.1) is 6.58 Å². The van der Waals surface area contributed by atoms with E-state index in [1.807, 2.05) is 24.3 Å². The van der Waals surface area contributed by atoms with Gasteiger partial charge in [0.15, 0.2) is 0 Å². The molecule has 0 saturated carbocycles. The van der Waals surface area contributed by atoms with Crippen LogP contribution >= 0.6 is 15.9 Å². The number of aromatic nitrogens is 1. The fourth-order valence-electron chi connectivity index (χ4n) is 1.75. The minimum atomic E-state index is -0.594. The van der Waals surface area contributed by atoms with Crippen LogP contribution in [-0.2, 0) is 4.79 Å². The maximum atomic E-state index is 11.9. The molecule has 1 atom stereocenters. The highest BCUT2D eigenvalue weighted by atomic mass is 79.9. The first-order valence-corrected chi connectivity index (χ1v) is 6.62. The Balaban J connectivity index is 2.30. The van der Waals surface area contributed by atoms with Crippen LogP contribution in [0.2, 0.25) is 0 Å². The van der Waals surface area contributed by atoms with Crippen molar-refractivity contribution in [1.29, 1.82) is 0 Å². The van der Waals surface area contributed by atoms with Gasteiger partial charge in [-0.3, -0.25) is 9.78 Å². The van der Waals surface area contributed by atoms with Gasteiger partial charge in [0.05, 0.1) is 17.2 Å². The van der Waals surface area contributed by atoms with E-state index >= 15 is 0 Å². The first-order valence-electron chi connectivity index (χ1n) is 5.83. The highest BCUT2D eigenvalue weighted by molar-refractivity contribution is 9.10. The van der Waals surface area contributed by atoms with E-state index in [-0.39, 0.29) is 5.91 Å². The largest absolute Gasteiger partial charge is 0.323 e. The van der Waals surface area contributed by atoms with E-state index in [0.29, 0.717) is 12.1 Å². The molecular formula is C14H14BrN3O. The quantitative estimate of drug-likeness (QED) is 0.851. The minimum Gasteiger partial charge on any atom is -0.323 e. The number of nitrogens with zero attached hydrogens (tertiary/aromatic N) is 1. The van der Waals surface area contributed by atoms with Crippen molar-refractivity contribution in [3.05, 3.63) is 47.6 Å². The number of para-hydroxylation sites is 1. The Morgan fingerprint density at radius 3 is 3.11 bits per heavy atom. The summed E-state index contributed by atoms with van der Waals surface area (Å²) in [7, 11) is 0. The lowest BCUT2D eigenvalue weighted by Crippen LogP contribution is -2.35. The van der Waals surface area contributed by atoms with Crippen molar-refractivity contribution < 1.29 is 4.79 Å². The highest BCUT2D eigenvalue weighted by Crippen LogP contribution is 2.23. The van der Waals surface area contributed by atoms with Crippen LogP contribution in [-0.4, -0.2) is 16.9 Å². The molecule has 3 N–H and O–H groups in total. The summed E-state index contributed by atoms with van der Waals surface area (Å²) in [6, 6.07) is 6.96. The molecule has 0 radical (unpaired) electrons. The standard InChI is InChI=1S/C14H14BrN3O/c1-2-4-11(16)14(19)18-12-6-3-5-9-7-10(15)8-17-13(9)12/h2-3,5-8,11H,1,4,16H2,(H,18,19). The Hall–Kier alpha value is -1.72. The summed E-state index contributed by atoms with van der Waals surface area (Å²) >= 11 is 3.37. The zero-order valence-corrected chi connectivity index (χ0v) is 11.9. The Morgan fingerprint density at radius 1 is 1.58 bits per heavy atom. The molecule has 19 heavy (non-hydrogen) atoms. The third kappa shape index (κ3) is 3.19. The predicted molar refractivity (Wildman–Crippen MR) is 80.9 cm³/mol. The van der Waals surface area contributed by atoms with Crippen molar-refractivity contribution in [3.8, 4) is 0 Å². The molecule has 4 nitrogen and oxygen atoms in total. The van der Waals surface area contributed by atoms with Gasteiger partial charge in [0.1, 0.15) is 0 Å². The summed E-state index contributed by atoms with van der Waals surface area (Å²) < 4.78 is 0.895. The highest BCUT2D eigenvalue weighted by Gasteiger charge is 2.13. The van der Waals surface area contributed by atoms with E-state index < -0.39 is 6.04 Å². The van der Waals surface area contributed by atoms with Crippen LogP contribution in [0.15, 0.2) is 47.6 Å². The van der Waals surface area contributed by atoms with Gasteiger partial charge in [-0.05, 0) is 34.5 Å². The van der Waals surface area contributed by atoms with E-state index in [2.05, 4.69) is 32.8 Å². The molecule has 0 saturated heterocycles. The Bertz CT molecular complexity index is 627. The van der Waals surface area contributed by atoms with Gasteiger partial charge in [-0.25, -0.2) is 0 Å². The lowest BCUT2D eigenvalue weighted by molar-refractivity contribution is -0.117. The molecule has 1 aromatic heterocycles. The molecule has 1 aromatic carbocycles. The number of hydrogen-bond donors (Lipinski definition) is 2. The molecule has 0 aliphatic rings. The van der Waals surface area contributed by atoms with Crippen molar-refractivity contribution in [1.82, 2.24) is 4.98 Å². The van der Waals surface area contributed by atoms with Gasteiger partial charge < -0.3 is 11.1 Å². The second kappa shape index (κ2) is 5.95. The predicted octanol–water partition coefficient (Wildman–Crippen LogP) is 2.84. The molecular weight excluding hydrogens is 306 g/mol. The topological polar surface area (TPSA) is 68.0 Å². The van der Waals surface area contributed by atoms with Crippen LogP contribution in [0, 0.1) is 0 Å². The number of nitrogens with one attached hydrogen (secondary N) is 1. The van der Waals surface area contributed by atoms with Gasteiger partial charge in [0, 0.05) is 16.1 Å². The van der Waals surface area contributed by atoms with Crippen LogP contribution in [0.5, 0.6) is 0 Å². The second-order valence-corrected chi connectivity index (χ2v) is 5.07. The molecule has 1 amide bonds. The number of fused-ring (bicyclic) bond motifs is 1. The van der Waals surface area contributed by atoms with Crippen molar-refractivity contribution in [2.75, 3.05) is 5.32 Å². The molecule has 5 heteroatoms. The van der Waals surface area contributed by atoms with Gasteiger partial charge in [0.25, 0.3) is 0 Å². The minimum absolute atomic E-state index is 0.239. The normalized spacial score (nSPS) is 12.1. The number of amides is 1. The lowest BCUT2D eigenvalue weighted by Gasteiger charge is -2.11. The first kappa shape index (κ1) is 13.7. The number of carbonyl (C=O) groups excluding carboxylic acids is 1. The van der Waals surface area contributed by atoms with Crippen LogP contribution in [0.3, 0.4) is 0 Å². The molecule has 1 unspecified atom stereocenters. The SMILES string of the molecule is C=CCC(N)C(=O)Nc1cccc2cc(Br)cnc12. The molecule has 98 valence electrons. The summed E-state index contributed by atoms with van der Waals surface area (Å²) in [6.07, 6.45) is 3.76. The van der Waals surface area contributed by atoms with Crippen LogP contribution in [0.1, 0.15) is 6.42 Å². The molecule has 2 aromatic rings. The third-order valence-corrected chi connectivity index (χ3v) is 3.13. The van der Waals surface area contributed by atoms with Gasteiger partial charge in [-0.1, -0.05) is 18.2 Å². The summed E-state index contributed by atoms with van der Waals surface area (Å²) in [5, 5.41) is 3.75. The summed E-state index contributed by atoms with van der Waals surface area (Å²) in [6.45, 7) is 3.57. The van der Waals surface area contributed by atoms with Crippen molar-refractivity contribution in [2.24, 2.45) is 5.73 Å². The third-order valence-electron chi connectivity index (χ3n) is 2.69. The molecule has 0 aliphatic heterocycles. The first-order chi connectivity index (χ1) is 9.11. The van der Waals surface area contributed by atoms with E-state index in [4.69, 9.17) is 5.73 Å².